The summed E-state index contributed by atoms with van der Waals surface area (Å²) in [5, 5.41) is 0. The molecule has 0 spiro atoms. The molecule has 0 fully saturated rings. The molecule has 0 aliphatic rings. The molecule has 0 aliphatic carbocycles. The molecule has 1 aromatic carbocycles. The van der Waals surface area contributed by atoms with E-state index in [4.69, 9.17) is 10.5 Å². The predicted molar refractivity (Wildman–Crippen MR) is 75.6 cm³/mol. The third kappa shape index (κ3) is 3.63. The lowest BCUT2D eigenvalue weighted by atomic mass is 10.1. The lowest BCUT2D eigenvalue weighted by Gasteiger charge is -2.26. The Hall–Kier alpha value is -2.24. The lowest BCUT2D eigenvalue weighted by molar-refractivity contribution is -0.141. The van der Waals surface area contributed by atoms with Crippen molar-refractivity contribution in [2.45, 2.75) is 19.9 Å². The topological polar surface area (TPSA) is 81.9 Å². The molecule has 110 valence electrons. The fraction of sp³-hybridized carbons (Fsp3) is 0.429. The highest BCUT2D eigenvalue weighted by atomic mass is 16.5. The van der Waals surface area contributed by atoms with Crippen LogP contribution < -0.4 is 10.5 Å². The second-order valence-electron chi connectivity index (χ2n) is 4.56. The first-order chi connectivity index (χ1) is 9.40. The zero-order chi connectivity index (χ0) is 15.3. The van der Waals surface area contributed by atoms with Crippen molar-refractivity contribution in [3.63, 3.8) is 0 Å². The standard InChI is InChI=1S/C14H20N2O4/c1-9(2)16(8-13(17)20-4)14(18)11-7-10(19-3)5-6-12(11)15/h5-7,9H,8,15H2,1-4H3. The largest absolute Gasteiger partial charge is 0.497 e. The Bertz CT molecular complexity index is 500. The SMILES string of the molecule is COC(=O)CN(C(=O)c1cc(OC)ccc1N)C(C)C. The molecule has 20 heavy (non-hydrogen) atoms. The van der Waals surface area contributed by atoms with Gasteiger partial charge in [-0.25, -0.2) is 0 Å². The molecule has 6 heteroatoms. The summed E-state index contributed by atoms with van der Waals surface area (Å²) in [6, 6.07) is 4.67. The van der Waals surface area contributed by atoms with Crippen molar-refractivity contribution < 1.29 is 19.1 Å². The Morgan fingerprint density at radius 2 is 1.95 bits per heavy atom. The third-order valence-corrected chi connectivity index (χ3v) is 2.90. The quantitative estimate of drug-likeness (QED) is 0.649. The van der Waals surface area contributed by atoms with E-state index in [-0.39, 0.29) is 18.5 Å². The average Bonchev–Trinajstić information content (AvgIpc) is 2.43. The summed E-state index contributed by atoms with van der Waals surface area (Å²) in [7, 11) is 2.79. The van der Waals surface area contributed by atoms with Crippen LogP contribution in [0.5, 0.6) is 5.75 Å². The number of hydrogen-bond donors (Lipinski definition) is 1. The molecule has 0 atom stereocenters. The third-order valence-electron chi connectivity index (χ3n) is 2.90. The molecule has 0 unspecified atom stereocenters. The van der Waals surface area contributed by atoms with Crippen LogP contribution in [0.15, 0.2) is 18.2 Å². The highest BCUT2D eigenvalue weighted by Gasteiger charge is 2.23. The Morgan fingerprint density at radius 1 is 1.30 bits per heavy atom. The molecule has 0 bridgehead atoms. The predicted octanol–water partition coefficient (Wildman–Crippen LogP) is 1.30. The minimum Gasteiger partial charge on any atom is -0.497 e. The number of methoxy groups -OCH3 is 2. The van der Waals surface area contributed by atoms with Crippen LogP contribution in [0, 0.1) is 0 Å². The number of amides is 1. The summed E-state index contributed by atoms with van der Waals surface area (Å²) in [6.07, 6.45) is 0. The van der Waals surface area contributed by atoms with E-state index >= 15 is 0 Å². The summed E-state index contributed by atoms with van der Waals surface area (Å²) in [4.78, 5) is 25.3. The van der Waals surface area contributed by atoms with Crippen molar-refractivity contribution in [1.82, 2.24) is 4.90 Å². The zero-order valence-corrected chi connectivity index (χ0v) is 12.2. The molecule has 0 saturated heterocycles. The molecular formula is C14H20N2O4. The van der Waals surface area contributed by atoms with Crippen molar-refractivity contribution in [3.05, 3.63) is 23.8 Å². The van der Waals surface area contributed by atoms with Gasteiger partial charge in [-0.05, 0) is 32.0 Å². The van der Waals surface area contributed by atoms with E-state index < -0.39 is 5.97 Å². The maximum Gasteiger partial charge on any atom is 0.325 e. The van der Waals surface area contributed by atoms with Crippen LogP contribution >= 0.6 is 0 Å². The van der Waals surface area contributed by atoms with Crippen LogP contribution in [0.4, 0.5) is 5.69 Å². The second-order valence-corrected chi connectivity index (χ2v) is 4.56. The summed E-state index contributed by atoms with van der Waals surface area (Å²) in [5.41, 5.74) is 6.47. The van der Waals surface area contributed by atoms with E-state index in [0.29, 0.717) is 17.0 Å². The zero-order valence-electron chi connectivity index (χ0n) is 12.2. The van der Waals surface area contributed by atoms with Crippen molar-refractivity contribution in [2.75, 3.05) is 26.5 Å². The molecule has 1 amide bonds. The molecular weight excluding hydrogens is 260 g/mol. The van der Waals surface area contributed by atoms with Gasteiger partial charge < -0.3 is 20.1 Å². The number of anilines is 1. The number of nitrogens with zero attached hydrogens (tertiary/aromatic N) is 1. The number of hydrogen-bond acceptors (Lipinski definition) is 5. The van der Waals surface area contributed by atoms with Gasteiger partial charge in [0.2, 0.25) is 0 Å². The van der Waals surface area contributed by atoms with E-state index in [1.165, 1.54) is 19.1 Å². The van der Waals surface area contributed by atoms with Gasteiger partial charge in [0.15, 0.2) is 0 Å². The second kappa shape index (κ2) is 6.79. The number of carbonyl (C=O) groups excluding carboxylic acids is 2. The van der Waals surface area contributed by atoms with Crippen LogP contribution in [-0.4, -0.2) is 43.6 Å². The number of esters is 1. The van der Waals surface area contributed by atoms with Crippen molar-refractivity contribution in [2.24, 2.45) is 0 Å². The number of carbonyl (C=O) groups is 2. The molecule has 6 nitrogen and oxygen atoms in total. The van der Waals surface area contributed by atoms with Crippen LogP contribution in [0.3, 0.4) is 0 Å². The number of rotatable bonds is 5. The minimum atomic E-state index is -0.478. The molecule has 0 aromatic heterocycles. The van der Waals surface area contributed by atoms with E-state index in [2.05, 4.69) is 4.74 Å². The fourth-order valence-corrected chi connectivity index (χ4v) is 1.69. The molecule has 0 heterocycles. The van der Waals surface area contributed by atoms with E-state index in [0.717, 1.165) is 0 Å². The van der Waals surface area contributed by atoms with E-state index in [1.807, 2.05) is 13.8 Å². The molecule has 1 aromatic rings. The smallest absolute Gasteiger partial charge is 0.325 e. The Balaban J connectivity index is 3.09. The van der Waals surface area contributed by atoms with Gasteiger partial charge in [-0.2, -0.15) is 0 Å². The van der Waals surface area contributed by atoms with Crippen molar-refractivity contribution in [1.29, 1.82) is 0 Å². The first kappa shape index (κ1) is 15.8. The van der Waals surface area contributed by atoms with Gasteiger partial charge in [0.25, 0.3) is 5.91 Å². The fourth-order valence-electron chi connectivity index (χ4n) is 1.69. The maximum atomic E-state index is 12.5. The van der Waals surface area contributed by atoms with E-state index in [1.54, 1.807) is 18.2 Å². The molecule has 2 N–H and O–H groups in total. The Kier molecular flexibility index (Phi) is 5.37. The van der Waals surface area contributed by atoms with Crippen LogP contribution in [0.1, 0.15) is 24.2 Å². The number of ether oxygens (including phenoxy) is 2. The summed E-state index contributed by atoms with van der Waals surface area (Å²) in [5.74, 6) is -0.278. The van der Waals surface area contributed by atoms with Gasteiger partial charge in [0.05, 0.1) is 19.8 Å². The summed E-state index contributed by atoms with van der Waals surface area (Å²) >= 11 is 0. The number of nitrogen functional groups attached to an aromatic ring is 1. The van der Waals surface area contributed by atoms with Gasteiger partial charge in [-0.1, -0.05) is 0 Å². The summed E-state index contributed by atoms with van der Waals surface area (Å²) in [6.45, 7) is 3.51. The number of benzene rings is 1. The first-order valence-electron chi connectivity index (χ1n) is 6.22. The summed E-state index contributed by atoms with van der Waals surface area (Å²) < 4.78 is 9.69. The first-order valence-corrected chi connectivity index (χ1v) is 6.22. The van der Waals surface area contributed by atoms with Gasteiger partial charge in [-0.15, -0.1) is 0 Å². The molecule has 0 radical (unpaired) electrons. The Morgan fingerprint density at radius 3 is 2.45 bits per heavy atom. The Labute approximate surface area is 118 Å². The molecule has 1 rings (SSSR count). The van der Waals surface area contributed by atoms with Gasteiger partial charge in [0, 0.05) is 11.7 Å². The maximum absolute atomic E-state index is 12.5. The molecule has 0 aliphatic heterocycles. The van der Waals surface area contributed by atoms with Crippen molar-refractivity contribution in [3.8, 4) is 5.75 Å². The van der Waals surface area contributed by atoms with Crippen LogP contribution in [0.2, 0.25) is 0 Å². The number of nitrogens with two attached hydrogens (primary N) is 1. The van der Waals surface area contributed by atoms with Crippen LogP contribution in [-0.2, 0) is 9.53 Å². The van der Waals surface area contributed by atoms with Crippen molar-refractivity contribution >= 4 is 17.6 Å². The molecule has 0 saturated carbocycles. The monoisotopic (exact) mass is 280 g/mol. The van der Waals surface area contributed by atoms with E-state index in [9.17, 15) is 9.59 Å². The van der Waals surface area contributed by atoms with Gasteiger partial charge in [-0.3, -0.25) is 9.59 Å². The average molecular weight is 280 g/mol. The highest BCUT2D eigenvalue weighted by molar-refractivity contribution is 6.00. The highest BCUT2D eigenvalue weighted by Crippen LogP contribution is 2.21. The normalized spacial score (nSPS) is 10.2. The lowest BCUT2D eigenvalue weighted by Crippen LogP contribution is -2.41. The van der Waals surface area contributed by atoms with Gasteiger partial charge in [0.1, 0.15) is 12.3 Å². The van der Waals surface area contributed by atoms with Crippen LogP contribution in [0.25, 0.3) is 0 Å². The van der Waals surface area contributed by atoms with Gasteiger partial charge >= 0.3 is 5.97 Å². The minimum absolute atomic E-state index is 0.121.